The number of phenolic OH excluding ortho intramolecular Hbond substituents is 5. The number of benzene rings is 8. The van der Waals surface area contributed by atoms with Gasteiger partial charge in [-0.1, -0.05) is 127 Å². The zero-order valence-electron chi connectivity index (χ0n) is 32.9. The lowest BCUT2D eigenvalue weighted by Crippen LogP contribution is -2.06. The van der Waals surface area contributed by atoms with Gasteiger partial charge in [0.1, 0.15) is 11.2 Å². The first kappa shape index (κ1) is 37.6. The van der Waals surface area contributed by atoms with Gasteiger partial charge >= 0.3 is 0 Å². The lowest BCUT2D eigenvalue weighted by molar-refractivity contribution is 0.330. The fourth-order valence-electron chi connectivity index (χ4n) is 8.27. The summed E-state index contributed by atoms with van der Waals surface area (Å²) >= 11 is 0. The number of hydrogen-bond acceptors (Lipinski definition) is 7. The third-order valence-corrected chi connectivity index (χ3v) is 11.2. The Labute approximate surface area is 354 Å². The first-order valence-corrected chi connectivity index (χ1v) is 19.8. The molecule has 0 atom stereocenters. The minimum atomic E-state index is -1.03. The highest BCUT2D eigenvalue weighted by atomic mass is 16.4. The maximum Gasteiger partial charge on any atom is 0.208 e. The summed E-state index contributed by atoms with van der Waals surface area (Å²) in [6.07, 6.45) is 0. The molecule has 10 heteroatoms. The monoisotopic (exact) mass is 812 g/mol. The van der Waals surface area contributed by atoms with Gasteiger partial charge < -0.3 is 34.5 Å². The van der Waals surface area contributed by atoms with Gasteiger partial charge in [0.15, 0.2) is 23.2 Å². The number of aliphatic imine (C=N–C) groups is 3. The maximum absolute atomic E-state index is 11.0. The molecule has 0 spiro atoms. The Morgan fingerprint density at radius 2 is 1.19 bits per heavy atom. The first-order chi connectivity index (χ1) is 30.3. The number of nitrogens with zero attached hydrogens (tertiary/aromatic N) is 4. The lowest BCUT2D eigenvalue weighted by Gasteiger charge is -2.14. The van der Waals surface area contributed by atoms with E-state index in [1.54, 1.807) is 12.1 Å². The van der Waals surface area contributed by atoms with Gasteiger partial charge in [-0.05, 0) is 59.8 Å². The molecule has 8 aromatic carbocycles. The van der Waals surface area contributed by atoms with Crippen molar-refractivity contribution in [3.63, 3.8) is 0 Å². The molecule has 0 fully saturated rings. The molecule has 300 valence electrons. The van der Waals surface area contributed by atoms with Crippen molar-refractivity contribution in [2.75, 3.05) is 0 Å². The maximum atomic E-state index is 11.0. The zero-order valence-corrected chi connectivity index (χ0v) is 32.9. The fraction of sp³-hybridized carbons (Fsp3) is 0.0192. The Kier molecular flexibility index (Phi) is 9.22. The molecule has 0 aliphatic heterocycles. The number of rotatable bonds is 7. The van der Waals surface area contributed by atoms with Crippen molar-refractivity contribution in [1.29, 1.82) is 0 Å². The number of furan rings is 1. The molecule has 10 nitrogen and oxygen atoms in total. The van der Waals surface area contributed by atoms with Crippen LogP contribution in [0.1, 0.15) is 16.7 Å². The predicted molar refractivity (Wildman–Crippen MR) is 246 cm³/mol. The van der Waals surface area contributed by atoms with Crippen molar-refractivity contribution in [1.82, 2.24) is 4.57 Å². The van der Waals surface area contributed by atoms with Gasteiger partial charge in [-0.2, -0.15) is 0 Å². The Hall–Kier alpha value is -8.63. The van der Waals surface area contributed by atoms with E-state index in [0.717, 1.165) is 55.0 Å². The molecule has 2 aromatic heterocycles. The van der Waals surface area contributed by atoms with Crippen molar-refractivity contribution >= 4 is 62.1 Å². The number of para-hydroxylation sites is 1. The van der Waals surface area contributed by atoms with Crippen molar-refractivity contribution in [3.05, 3.63) is 180 Å². The van der Waals surface area contributed by atoms with E-state index in [0.29, 0.717) is 40.5 Å². The second-order valence-electron chi connectivity index (χ2n) is 14.8. The molecule has 0 aliphatic carbocycles. The standard InChI is InChI=1S/C52H36N4O6/c1-53-52(55-51(32-18-9-4-10-19-32)54-29-30-14-5-2-6-15-30)37-27-26-34(31-16-7-3-8-17-31)50-43(37)44-39(22-13-23-41(44)62-50)56-38-21-12-11-20-35(38)36-25-24-33(28-40(36)56)42-45(57)47(59)49(61)48(60)46(42)58/h2-28,57-61H,1,29H2. The summed E-state index contributed by atoms with van der Waals surface area (Å²) in [7, 11) is 0. The van der Waals surface area contributed by atoms with Crippen LogP contribution in [0.4, 0.5) is 0 Å². The molecule has 0 bridgehead atoms. The Morgan fingerprint density at radius 3 is 1.92 bits per heavy atom. The van der Waals surface area contributed by atoms with Gasteiger partial charge in [-0.3, -0.25) is 4.99 Å². The van der Waals surface area contributed by atoms with Crippen molar-refractivity contribution in [3.8, 4) is 56.7 Å². The molecule has 0 saturated heterocycles. The van der Waals surface area contributed by atoms with E-state index in [1.807, 2.05) is 152 Å². The highest BCUT2D eigenvalue weighted by Gasteiger charge is 2.27. The van der Waals surface area contributed by atoms with E-state index in [2.05, 4.69) is 16.3 Å². The van der Waals surface area contributed by atoms with Crippen LogP contribution < -0.4 is 0 Å². The molecule has 0 aliphatic rings. The van der Waals surface area contributed by atoms with Gasteiger partial charge in [0.2, 0.25) is 17.2 Å². The van der Waals surface area contributed by atoms with Crippen LogP contribution in [-0.4, -0.2) is 48.5 Å². The van der Waals surface area contributed by atoms with Gasteiger partial charge in [-0.15, -0.1) is 0 Å². The van der Waals surface area contributed by atoms with E-state index >= 15 is 0 Å². The van der Waals surface area contributed by atoms with Gasteiger partial charge in [0.05, 0.1) is 34.2 Å². The van der Waals surface area contributed by atoms with Crippen molar-refractivity contribution in [2.24, 2.45) is 15.0 Å². The van der Waals surface area contributed by atoms with E-state index in [9.17, 15) is 25.5 Å². The smallest absolute Gasteiger partial charge is 0.208 e. The second kappa shape index (κ2) is 15.2. The van der Waals surface area contributed by atoms with Crippen LogP contribution >= 0.6 is 0 Å². The predicted octanol–water partition coefficient (Wildman–Crippen LogP) is 11.6. The molecule has 0 unspecified atom stereocenters. The zero-order chi connectivity index (χ0) is 42.5. The van der Waals surface area contributed by atoms with Gasteiger partial charge in [-0.25, -0.2) is 9.98 Å². The third-order valence-electron chi connectivity index (χ3n) is 11.2. The first-order valence-electron chi connectivity index (χ1n) is 19.8. The average molecular weight is 813 g/mol. The van der Waals surface area contributed by atoms with Gasteiger partial charge in [0, 0.05) is 32.8 Å². The molecule has 2 heterocycles. The number of phenols is 5. The van der Waals surface area contributed by atoms with E-state index in [-0.39, 0.29) is 11.1 Å². The largest absolute Gasteiger partial charge is 0.504 e. The minimum Gasteiger partial charge on any atom is -0.504 e. The van der Waals surface area contributed by atoms with Gasteiger partial charge in [0.25, 0.3) is 0 Å². The summed E-state index contributed by atoms with van der Waals surface area (Å²) in [6.45, 7) is 4.41. The van der Waals surface area contributed by atoms with E-state index < -0.39 is 28.7 Å². The molecule has 5 N–H and O–H groups in total. The summed E-state index contributed by atoms with van der Waals surface area (Å²) in [5, 5.41) is 56.4. The van der Waals surface area contributed by atoms with Crippen LogP contribution in [0.3, 0.4) is 0 Å². The summed E-state index contributed by atoms with van der Waals surface area (Å²) in [4.78, 5) is 14.7. The summed E-state index contributed by atoms with van der Waals surface area (Å²) in [5.74, 6) is -3.69. The lowest BCUT2D eigenvalue weighted by atomic mass is 9.97. The molecular formula is C52H36N4O6. The van der Waals surface area contributed by atoms with Crippen LogP contribution in [-0.2, 0) is 6.54 Å². The van der Waals surface area contributed by atoms with Crippen LogP contribution in [0.25, 0.3) is 71.7 Å². The summed E-state index contributed by atoms with van der Waals surface area (Å²) in [6, 6.07) is 52.8. The van der Waals surface area contributed by atoms with Crippen LogP contribution in [0.15, 0.2) is 183 Å². The number of aromatic hydroxyl groups is 5. The highest BCUT2D eigenvalue weighted by molar-refractivity contribution is 6.25. The average Bonchev–Trinajstić information content (AvgIpc) is 3.88. The molecule has 0 saturated carbocycles. The molecule has 0 amide bonds. The van der Waals surface area contributed by atoms with E-state index in [1.165, 1.54) is 0 Å². The molecular weight excluding hydrogens is 777 g/mol. The SMILES string of the molecule is C=NC(=NC(=NCc1ccccc1)c1ccccc1)c1ccc(-c2ccccc2)c2oc3cccc(-n4c5ccccc5c5ccc(-c6c(O)c(O)c(O)c(O)c6O)cc54)c3c12. The second-order valence-corrected chi connectivity index (χ2v) is 14.8. The van der Waals surface area contributed by atoms with Crippen molar-refractivity contribution in [2.45, 2.75) is 6.54 Å². The van der Waals surface area contributed by atoms with Crippen LogP contribution in [0, 0.1) is 0 Å². The molecule has 10 aromatic rings. The summed E-state index contributed by atoms with van der Waals surface area (Å²) in [5.41, 5.74) is 7.81. The normalized spacial score (nSPS) is 12.2. The number of hydrogen-bond donors (Lipinski definition) is 5. The number of aromatic nitrogens is 1. The number of amidine groups is 2. The minimum absolute atomic E-state index is 0.251. The quantitative estimate of drug-likeness (QED) is 0.0467. The van der Waals surface area contributed by atoms with Crippen LogP contribution in [0.2, 0.25) is 0 Å². The van der Waals surface area contributed by atoms with E-state index in [4.69, 9.17) is 14.4 Å². The topological polar surface area (TPSA) is 156 Å². The Morgan fingerprint density at radius 1 is 0.548 bits per heavy atom. The highest BCUT2D eigenvalue weighted by Crippen LogP contribution is 2.55. The van der Waals surface area contributed by atoms with Crippen LogP contribution in [0.5, 0.6) is 28.7 Å². The fourth-order valence-corrected chi connectivity index (χ4v) is 8.27. The Balaban J connectivity index is 1.28. The Bertz CT molecular complexity index is 3420. The third kappa shape index (κ3) is 6.17. The molecule has 10 rings (SSSR count). The molecule has 0 radical (unpaired) electrons. The van der Waals surface area contributed by atoms with Crippen molar-refractivity contribution < 1.29 is 29.9 Å². The number of fused-ring (bicyclic) bond motifs is 6. The summed E-state index contributed by atoms with van der Waals surface area (Å²) < 4.78 is 8.96. The molecule has 62 heavy (non-hydrogen) atoms.